The second kappa shape index (κ2) is 7.73. The number of alkyl halides is 3. The van der Waals surface area contributed by atoms with Crippen LogP contribution in [0.25, 0.3) is 0 Å². The number of sulfonamides is 1. The lowest BCUT2D eigenvalue weighted by molar-refractivity contribution is -0.137. The number of rotatable bonds is 6. The molecule has 0 spiro atoms. The summed E-state index contributed by atoms with van der Waals surface area (Å²) in [5, 5.41) is -0.358. The largest absolute Gasteiger partial charge is 0.493 e. The molecule has 0 fully saturated rings. The molecule has 1 N–H and O–H groups in total. The van der Waals surface area contributed by atoms with Gasteiger partial charge in [0.15, 0.2) is 11.5 Å². The van der Waals surface area contributed by atoms with Gasteiger partial charge >= 0.3 is 6.18 Å². The first kappa shape index (κ1) is 21.0. The Hall–Kier alpha value is -2.33. The number of halogens is 4. The maximum atomic E-state index is 12.9. The highest BCUT2D eigenvalue weighted by Gasteiger charge is 2.33. The number of anilines is 1. The van der Waals surface area contributed by atoms with E-state index >= 15 is 0 Å². The van der Waals surface area contributed by atoms with Gasteiger partial charge in [0.25, 0.3) is 10.0 Å². The second-order valence-corrected chi connectivity index (χ2v) is 7.22. The molecule has 0 heterocycles. The van der Waals surface area contributed by atoms with Crippen LogP contribution in [-0.2, 0) is 16.2 Å². The first-order chi connectivity index (χ1) is 12.5. The van der Waals surface area contributed by atoms with Crippen LogP contribution in [0.15, 0.2) is 35.2 Å². The van der Waals surface area contributed by atoms with Gasteiger partial charge in [0.1, 0.15) is 4.90 Å². The lowest BCUT2D eigenvalue weighted by Crippen LogP contribution is -2.15. The second-order valence-electron chi connectivity index (χ2n) is 5.16. The Morgan fingerprint density at radius 2 is 1.52 bits per heavy atom. The van der Waals surface area contributed by atoms with Crippen LogP contribution in [0.4, 0.5) is 18.9 Å². The molecule has 2 aromatic carbocycles. The van der Waals surface area contributed by atoms with Crippen LogP contribution >= 0.6 is 11.6 Å². The predicted octanol–water partition coefficient (Wildman–Crippen LogP) is 4.19. The van der Waals surface area contributed by atoms with E-state index in [9.17, 15) is 21.6 Å². The number of hydrogen-bond acceptors (Lipinski definition) is 5. The SMILES string of the molecule is COc1cc(NS(=O)(=O)c2cc(C(F)(F)F)ccc2Cl)cc(OC)c1OC. The molecule has 0 atom stereocenters. The highest BCUT2D eigenvalue weighted by Crippen LogP contribution is 2.41. The minimum atomic E-state index is -4.72. The zero-order valence-electron chi connectivity index (χ0n) is 14.3. The van der Waals surface area contributed by atoms with Crippen LogP contribution in [-0.4, -0.2) is 29.7 Å². The molecule has 11 heteroatoms. The molecule has 0 aliphatic carbocycles. The number of ether oxygens (including phenoxy) is 3. The Labute approximate surface area is 158 Å². The Balaban J connectivity index is 2.51. The Bertz CT molecular complexity index is 923. The van der Waals surface area contributed by atoms with Crippen molar-refractivity contribution >= 4 is 27.3 Å². The van der Waals surface area contributed by atoms with Crippen molar-refractivity contribution in [3.8, 4) is 17.2 Å². The maximum absolute atomic E-state index is 12.9. The number of hydrogen-bond donors (Lipinski definition) is 1. The van der Waals surface area contributed by atoms with Gasteiger partial charge in [0.05, 0.1) is 37.6 Å². The van der Waals surface area contributed by atoms with Gasteiger partial charge < -0.3 is 14.2 Å². The van der Waals surface area contributed by atoms with Crippen LogP contribution in [0.5, 0.6) is 17.2 Å². The summed E-state index contributed by atoms with van der Waals surface area (Å²) in [4.78, 5) is -0.715. The molecule has 0 amide bonds. The minimum Gasteiger partial charge on any atom is -0.493 e. The van der Waals surface area contributed by atoms with E-state index in [0.29, 0.717) is 12.1 Å². The summed E-state index contributed by atoms with van der Waals surface area (Å²) in [7, 11) is -0.397. The molecule has 0 saturated heterocycles. The average molecular weight is 426 g/mol. The molecule has 0 unspecified atom stereocenters. The third-order valence-corrected chi connectivity index (χ3v) is 5.33. The van der Waals surface area contributed by atoms with Crippen LogP contribution in [0.3, 0.4) is 0 Å². The summed E-state index contributed by atoms with van der Waals surface area (Å²) in [6.45, 7) is 0. The average Bonchev–Trinajstić information content (AvgIpc) is 2.59. The molecular formula is C16H15ClF3NO5S. The van der Waals surface area contributed by atoms with Gasteiger partial charge in [0.2, 0.25) is 5.75 Å². The summed E-state index contributed by atoms with van der Waals surface area (Å²) in [5.74, 6) is 0.537. The molecule has 0 saturated carbocycles. The van der Waals surface area contributed by atoms with Gasteiger partial charge in [-0.1, -0.05) is 11.6 Å². The molecule has 0 bridgehead atoms. The monoisotopic (exact) mass is 425 g/mol. The zero-order chi connectivity index (χ0) is 20.4. The van der Waals surface area contributed by atoms with Crippen LogP contribution < -0.4 is 18.9 Å². The Morgan fingerprint density at radius 3 is 1.96 bits per heavy atom. The first-order valence-electron chi connectivity index (χ1n) is 7.23. The van der Waals surface area contributed by atoms with Crippen molar-refractivity contribution in [2.24, 2.45) is 0 Å². The number of nitrogens with one attached hydrogen (secondary N) is 1. The van der Waals surface area contributed by atoms with E-state index in [1.807, 2.05) is 0 Å². The van der Waals surface area contributed by atoms with Crippen LogP contribution in [0, 0.1) is 0 Å². The molecule has 6 nitrogen and oxygen atoms in total. The summed E-state index contributed by atoms with van der Waals surface area (Å²) in [5.41, 5.74) is -1.16. The number of methoxy groups -OCH3 is 3. The van der Waals surface area contributed by atoms with E-state index in [2.05, 4.69) is 4.72 Å². The molecule has 0 aromatic heterocycles. The molecule has 0 aliphatic rings. The van der Waals surface area contributed by atoms with Crippen molar-refractivity contribution in [1.82, 2.24) is 0 Å². The Morgan fingerprint density at radius 1 is 0.963 bits per heavy atom. The highest BCUT2D eigenvalue weighted by atomic mass is 35.5. The third kappa shape index (κ3) is 4.51. The van der Waals surface area contributed by atoms with Crippen LogP contribution in [0.1, 0.15) is 5.56 Å². The summed E-state index contributed by atoms with van der Waals surface area (Å²) in [6.07, 6.45) is -4.72. The summed E-state index contributed by atoms with van der Waals surface area (Å²) < 4.78 is 81.3. The van der Waals surface area contributed by atoms with E-state index in [0.717, 1.165) is 6.07 Å². The summed E-state index contributed by atoms with van der Waals surface area (Å²) >= 11 is 5.81. The van der Waals surface area contributed by atoms with E-state index < -0.39 is 26.7 Å². The smallest absolute Gasteiger partial charge is 0.416 e. The van der Waals surface area contributed by atoms with E-state index in [4.69, 9.17) is 25.8 Å². The third-order valence-electron chi connectivity index (χ3n) is 3.46. The first-order valence-corrected chi connectivity index (χ1v) is 9.09. The van der Waals surface area contributed by atoms with Crippen LogP contribution in [0.2, 0.25) is 5.02 Å². The molecule has 0 aliphatic heterocycles. The summed E-state index contributed by atoms with van der Waals surface area (Å²) in [6, 6.07) is 4.61. The lowest BCUT2D eigenvalue weighted by Gasteiger charge is -2.16. The molecule has 0 radical (unpaired) electrons. The fourth-order valence-electron chi connectivity index (χ4n) is 2.24. The minimum absolute atomic E-state index is 0.0158. The fraction of sp³-hybridized carbons (Fsp3) is 0.250. The van der Waals surface area contributed by atoms with Gasteiger partial charge in [-0.25, -0.2) is 8.42 Å². The molecule has 27 heavy (non-hydrogen) atoms. The van der Waals surface area contributed by atoms with Gasteiger partial charge in [-0.3, -0.25) is 4.72 Å². The number of benzene rings is 2. The van der Waals surface area contributed by atoms with E-state index in [1.54, 1.807) is 0 Å². The lowest BCUT2D eigenvalue weighted by atomic mass is 10.2. The maximum Gasteiger partial charge on any atom is 0.416 e. The van der Waals surface area contributed by atoms with Gasteiger partial charge in [-0.05, 0) is 18.2 Å². The molecular weight excluding hydrogens is 411 g/mol. The molecule has 2 rings (SSSR count). The van der Waals surface area contributed by atoms with Crippen molar-refractivity contribution in [1.29, 1.82) is 0 Å². The fourth-order valence-corrected chi connectivity index (χ4v) is 3.80. The van der Waals surface area contributed by atoms with Crippen molar-refractivity contribution in [3.05, 3.63) is 40.9 Å². The molecule has 2 aromatic rings. The van der Waals surface area contributed by atoms with E-state index in [1.165, 1.54) is 33.5 Å². The quantitative estimate of drug-likeness (QED) is 0.751. The topological polar surface area (TPSA) is 73.9 Å². The van der Waals surface area contributed by atoms with Gasteiger partial charge in [-0.2, -0.15) is 13.2 Å². The predicted molar refractivity (Wildman–Crippen MR) is 93.4 cm³/mol. The standard InChI is InChI=1S/C16H15ClF3NO5S/c1-24-12-7-10(8-13(25-2)15(12)26-3)21-27(22,23)14-6-9(16(18,19)20)4-5-11(14)17/h4-8,21H,1-3H3. The van der Waals surface area contributed by atoms with E-state index in [-0.39, 0.29) is 28.0 Å². The van der Waals surface area contributed by atoms with Gasteiger partial charge in [-0.15, -0.1) is 0 Å². The molecule has 148 valence electrons. The van der Waals surface area contributed by atoms with Crippen molar-refractivity contribution in [2.75, 3.05) is 26.1 Å². The Kier molecular flexibility index (Phi) is 6.01. The normalized spacial score (nSPS) is 11.8. The highest BCUT2D eigenvalue weighted by molar-refractivity contribution is 7.92. The van der Waals surface area contributed by atoms with Crippen molar-refractivity contribution in [2.45, 2.75) is 11.1 Å². The zero-order valence-corrected chi connectivity index (χ0v) is 15.9. The van der Waals surface area contributed by atoms with Gasteiger partial charge in [0, 0.05) is 12.1 Å². The van der Waals surface area contributed by atoms with Crippen molar-refractivity contribution < 1.29 is 35.8 Å². The van der Waals surface area contributed by atoms with Crippen molar-refractivity contribution in [3.63, 3.8) is 0 Å².